The van der Waals surface area contributed by atoms with Crippen molar-refractivity contribution in [1.82, 2.24) is 0 Å². The summed E-state index contributed by atoms with van der Waals surface area (Å²) in [5.41, 5.74) is 3.55. The van der Waals surface area contributed by atoms with Crippen LogP contribution in [-0.2, 0) is 0 Å². The first-order chi connectivity index (χ1) is 11.7. The Bertz CT molecular complexity index is 687. The lowest BCUT2D eigenvalue weighted by Gasteiger charge is -2.41. The highest BCUT2D eigenvalue weighted by atomic mass is 19.1. The zero-order valence-corrected chi connectivity index (χ0v) is 14.5. The molecule has 0 aliphatic heterocycles. The van der Waals surface area contributed by atoms with Gasteiger partial charge in [0.2, 0.25) is 0 Å². The smallest absolute Gasteiger partial charge is 0.123 e. The van der Waals surface area contributed by atoms with Gasteiger partial charge < -0.3 is 0 Å². The third-order valence-corrected chi connectivity index (χ3v) is 6.42. The molecule has 0 nitrogen and oxygen atoms in total. The molecule has 1 heteroatoms. The maximum atomic E-state index is 13.4. The van der Waals surface area contributed by atoms with Gasteiger partial charge in [-0.15, -0.1) is 0 Å². The van der Waals surface area contributed by atoms with Crippen molar-refractivity contribution in [2.24, 2.45) is 17.8 Å². The molecule has 4 atom stereocenters. The Hall–Kier alpha value is -1.63. The molecule has 0 bridgehead atoms. The van der Waals surface area contributed by atoms with Crippen molar-refractivity contribution in [1.29, 1.82) is 0 Å². The molecule has 2 aromatic carbocycles. The summed E-state index contributed by atoms with van der Waals surface area (Å²) in [7, 11) is 0. The summed E-state index contributed by atoms with van der Waals surface area (Å²) in [5, 5.41) is 0. The first-order valence-electron chi connectivity index (χ1n) is 9.55. The van der Waals surface area contributed by atoms with E-state index < -0.39 is 0 Å². The molecule has 0 aromatic heterocycles. The summed E-state index contributed by atoms with van der Waals surface area (Å²) in [4.78, 5) is 0. The predicted molar refractivity (Wildman–Crippen MR) is 98.4 cm³/mol. The monoisotopic (exact) mass is 322 g/mol. The zero-order chi connectivity index (χ0) is 16.5. The van der Waals surface area contributed by atoms with E-state index in [2.05, 4.69) is 31.2 Å². The molecule has 0 spiro atoms. The average molecular weight is 322 g/mol. The topological polar surface area (TPSA) is 0 Å². The fourth-order valence-electron chi connectivity index (χ4n) is 5.04. The Morgan fingerprint density at radius 2 is 1.54 bits per heavy atom. The summed E-state index contributed by atoms with van der Waals surface area (Å²) in [6, 6.07) is 15.8. The third kappa shape index (κ3) is 3.27. The number of hydrogen-bond acceptors (Lipinski definition) is 0. The van der Waals surface area contributed by atoms with Crippen LogP contribution in [0.1, 0.15) is 56.9 Å². The third-order valence-electron chi connectivity index (χ3n) is 6.42. The highest BCUT2D eigenvalue weighted by molar-refractivity contribution is 5.63. The van der Waals surface area contributed by atoms with E-state index in [9.17, 15) is 4.39 Å². The van der Waals surface area contributed by atoms with Gasteiger partial charge in [0, 0.05) is 0 Å². The standard InChI is InChI=1S/C23H27F/c1-16-5-6-22-14-21(12-11-20(22)13-16)18-9-7-17(8-10-18)19-3-2-4-23(24)15-19/h2-4,7-10,15-16,20-22H,5-6,11-14H2,1H3/t16?,20-,21-,22-/m1/s1. The molecule has 0 amide bonds. The molecular formula is C23H27F. The van der Waals surface area contributed by atoms with Crippen LogP contribution >= 0.6 is 0 Å². The first-order valence-corrected chi connectivity index (χ1v) is 9.55. The fraction of sp³-hybridized carbons (Fsp3) is 0.478. The lowest BCUT2D eigenvalue weighted by atomic mass is 9.64. The van der Waals surface area contributed by atoms with E-state index >= 15 is 0 Å². The normalized spacial score (nSPS) is 29.9. The molecule has 2 saturated carbocycles. The van der Waals surface area contributed by atoms with Crippen molar-refractivity contribution in [2.75, 3.05) is 0 Å². The molecule has 0 saturated heterocycles. The minimum atomic E-state index is -0.165. The summed E-state index contributed by atoms with van der Waals surface area (Å²) in [5.74, 6) is 3.43. The van der Waals surface area contributed by atoms with Gasteiger partial charge in [0.25, 0.3) is 0 Å². The molecule has 0 N–H and O–H groups in total. The Morgan fingerprint density at radius 1 is 0.792 bits per heavy atom. The van der Waals surface area contributed by atoms with Crippen LogP contribution in [0.25, 0.3) is 11.1 Å². The van der Waals surface area contributed by atoms with Crippen LogP contribution < -0.4 is 0 Å². The number of rotatable bonds is 2. The first kappa shape index (κ1) is 15.9. The lowest BCUT2D eigenvalue weighted by Crippen LogP contribution is -2.29. The van der Waals surface area contributed by atoms with Crippen molar-refractivity contribution >= 4 is 0 Å². The van der Waals surface area contributed by atoms with Crippen molar-refractivity contribution in [3.8, 4) is 11.1 Å². The molecule has 0 radical (unpaired) electrons. The predicted octanol–water partition coefficient (Wildman–Crippen LogP) is 6.81. The van der Waals surface area contributed by atoms with Gasteiger partial charge in [-0.3, -0.25) is 0 Å². The van der Waals surface area contributed by atoms with E-state index in [1.807, 2.05) is 6.07 Å². The van der Waals surface area contributed by atoms with E-state index in [4.69, 9.17) is 0 Å². The SMILES string of the molecule is CC1CC[C@@H]2C[C@H](c3ccc(-c4cccc(F)c4)cc3)CC[C@@H]2C1. The summed E-state index contributed by atoms with van der Waals surface area (Å²) in [6.45, 7) is 2.42. The van der Waals surface area contributed by atoms with Crippen LogP contribution in [-0.4, -0.2) is 0 Å². The molecule has 0 heterocycles. The minimum absolute atomic E-state index is 0.165. The average Bonchev–Trinajstić information content (AvgIpc) is 2.61. The second-order valence-electron chi connectivity index (χ2n) is 8.08. The van der Waals surface area contributed by atoms with E-state index in [0.29, 0.717) is 0 Å². The van der Waals surface area contributed by atoms with Gasteiger partial charge in [-0.25, -0.2) is 4.39 Å². The molecule has 4 rings (SSSR count). The summed E-state index contributed by atoms with van der Waals surface area (Å²) >= 11 is 0. The number of benzene rings is 2. The van der Waals surface area contributed by atoms with E-state index in [1.54, 1.807) is 12.1 Å². The molecule has 24 heavy (non-hydrogen) atoms. The van der Waals surface area contributed by atoms with Crippen LogP contribution in [0.15, 0.2) is 48.5 Å². The zero-order valence-electron chi connectivity index (χ0n) is 14.5. The van der Waals surface area contributed by atoms with E-state index in [-0.39, 0.29) is 5.82 Å². The largest absolute Gasteiger partial charge is 0.207 e. The second-order valence-corrected chi connectivity index (χ2v) is 8.08. The van der Waals surface area contributed by atoms with Gasteiger partial charge in [-0.05, 0) is 84.6 Å². The Labute approximate surface area is 145 Å². The van der Waals surface area contributed by atoms with Gasteiger partial charge in [-0.1, -0.05) is 49.7 Å². The van der Waals surface area contributed by atoms with E-state index in [1.165, 1.54) is 50.2 Å². The number of hydrogen-bond donors (Lipinski definition) is 0. The molecule has 126 valence electrons. The second kappa shape index (κ2) is 6.70. The lowest BCUT2D eigenvalue weighted by molar-refractivity contribution is 0.124. The quantitative estimate of drug-likeness (QED) is 0.569. The summed E-state index contributed by atoms with van der Waals surface area (Å²) < 4.78 is 13.4. The van der Waals surface area contributed by atoms with Crippen molar-refractivity contribution < 1.29 is 4.39 Å². The maximum Gasteiger partial charge on any atom is 0.123 e. The number of fused-ring (bicyclic) bond motifs is 1. The highest BCUT2D eigenvalue weighted by Crippen LogP contribution is 2.47. The maximum absolute atomic E-state index is 13.4. The van der Waals surface area contributed by atoms with Crippen molar-refractivity contribution in [3.63, 3.8) is 0 Å². The van der Waals surface area contributed by atoms with Gasteiger partial charge in [0.15, 0.2) is 0 Å². The molecule has 2 aromatic rings. The van der Waals surface area contributed by atoms with Crippen LogP contribution in [0.3, 0.4) is 0 Å². The van der Waals surface area contributed by atoms with Crippen LogP contribution in [0.4, 0.5) is 4.39 Å². The van der Waals surface area contributed by atoms with Crippen LogP contribution in [0, 0.1) is 23.6 Å². The van der Waals surface area contributed by atoms with Gasteiger partial charge in [0.05, 0.1) is 0 Å². The molecule has 2 fully saturated rings. The van der Waals surface area contributed by atoms with Crippen molar-refractivity contribution in [3.05, 3.63) is 59.9 Å². The highest BCUT2D eigenvalue weighted by Gasteiger charge is 2.34. The molecular weight excluding hydrogens is 295 g/mol. The number of halogens is 1. The minimum Gasteiger partial charge on any atom is -0.207 e. The van der Waals surface area contributed by atoms with Gasteiger partial charge in [0.1, 0.15) is 5.82 Å². The Kier molecular flexibility index (Phi) is 4.43. The van der Waals surface area contributed by atoms with Crippen LogP contribution in [0.5, 0.6) is 0 Å². The van der Waals surface area contributed by atoms with Crippen molar-refractivity contribution in [2.45, 2.75) is 51.4 Å². The van der Waals surface area contributed by atoms with E-state index in [0.717, 1.165) is 34.8 Å². The Morgan fingerprint density at radius 3 is 2.33 bits per heavy atom. The summed E-state index contributed by atoms with van der Waals surface area (Å²) in [6.07, 6.45) is 8.43. The van der Waals surface area contributed by atoms with Gasteiger partial charge in [-0.2, -0.15) is 0 Å². The fourth-order valence-corrected chi connectivity index (χ4v) is 5.04. The molecule has 2 aliphatic rings. The van der Waals surface area contributed by atoms with Gasteiger partial charge >= 0.3 is 0 Å². The van der Waals surface area contributed by atoms with Crippen LogP contribution in [0.2, 0.25) is 0 Å². The molecule has 1 unspecified atom stereocenters. The Balaban J connectivity index is 1.47. The molecule has 2 aliphatic carbocycles.